The number of aromatic nitrogens is 1. The number of hydrogen-bond donors (Lipinski definition) is 1. The van der Waals surface area contributed by atoms with E-state index in [1.54, 1.807) is 13.3 Å². The van der Waals surface area contributed by atoms with Gasteiger partial charge in [-0.1, -0.05) is 35.3 Å². The summed E-state index contributed by atoms with van der Waals surface area (Å²) in [6.45, 7) is 3.12. The molecule has 1 aliphatic heterocycles. The molecule has 156 valence electrons. The fourth-order valence-electron chi connectivity index (χ4n) is 3.84. The lowest BCUT2D eigenvalue weighted by Gasteiger charge is -2.37. The summed E-state index contributed by atoms with van der Waals surface area (Å²) < 4.78 is 5.04. The minimum Gasteiger partial charge on any atom is -0.384 e. The van der Waals surface area contributed by atoms with E-state index in [0.717, 1.165) is 43.7 Å². The monoisotopic (exact) mass is 435 g/mol. The van der Waals surface area contributed by atoms with Gasteiger partial charge in [0.2, 0.25) is 5.91 Å². The molecule has 1 aromatic carbocycles. The minimum atomic E-state index is -0.114. The molecule has 7 heteroatoms. The first kappa shape index (κ1) is 22.0. The van der Waals surface area contributed by atoms with Crippen molar-refractivity contribution < 1.29 is 9.53 Å². The molecule has 1 fully saturated rings. The third kappa shape index (κ3) is 6.41. The van der Waals surface area contributed by atoms with Gasteiger partial charge in [-0.05, 0) is 55.1 Å². The maximum Gasteiger partial charge on any atom is 0.222 e. The number of piperidine rings is 1. The van der Waals surface area contributed by atoms with Crippen LogP contribution in [0, 0.1) is 5.92 Å². The quantitative estimate of drug-likeness (QED) is 0.663. The largest absolute Gasteiger partial charge is 0.384 e. The molecular weight excluding hydrogens is 409 g/mol. The molecule has 0 spiro atoms. The summed E-state index contributed by atoms with van der Waals surface area (Å²) in [5, 5.41) is 4.34. The highest BCUT2D eigenvalue weighted by Crippen LogP contribution is 2.30. The first-order chi connectivity index (χ1) is 14.1. The topological polar surface area (TPSA) is 54.5 Å². The summed E-state index contributed by atoms with van der Waals surface area (Å²) in [4.78, 5) is 19.3. The van der Waals surface area contributed by atoms with Crippen LogP contribution < -0.4 is 5.32 Å². The Bertz CT molecular complexity index is 804. The van der Waals surface area contributed by atoms with E-state index < -0.39 is 0 Å². The van der Waals surface area contributed by atoms with Crippen LogP contribution in [0.5, 0.6) is 0 Å². The van der Waals surface area contributed by atoms with Gasteiger partial charge in [0.15, 0.2) is 0 Å². The number of halogens is 2. The zero-order valence-electron chi connectivity index (χ0n) is 16.6. The van der Waals surface area contributed by atoms with Crippen LogP contribution in [-0.4, -0.2) is 42.6 Å². The zero-order chi connectivity index (χ0) is 20.6. The van der Waals surface area contributed by atoms with Gasteiger partial charge in [0.25, 0.3) is 0 Å². The van der Waals surface area contributed by atoms with E-state index in [1.165, 1.54) is 0 Å². The summed E-state index contributed by atoms with van der Waals surface area (Å²) in [6, 6.07) is 11.5. The number of carbonyl (C=O) groups is 1. The summed E-state index contributed by atoms with van der Waals surface area (Å²) in [5.74, 6) is 0.275. The van der Waals surface area contributed by atoms with Crippen molar-refractivity contribution >= 4 is 29.1 Å². The molecule has 0 saturated carbocycles. The summed E-state index contributed by atoms with van der Waals surface area (Å²) in [5.41, 5.74) is 2.04. The van der Waals surface area contributed by atoms with Gasteiger partial charge in [0.1, 0.15) is 0 Å². The normalized spacial score (nSPS) is 18.4. The van der Waals surface area contributed by atoms with Crippen LogP contribution >= 0.6 is 23.2 Å². The molecule has 2 aromatic rings. The lowest BCUT2D eigenvalue weighted by atomic mass is 9.88. The summed E-state index contributed by atoms with van der Waals surface area (Å²) in [7, 11) is 1.60. The van der Waals surface area contributed by atoms with Gasteiger partial charge in [-0.25, -0.2) is 0 Å². The third-order valence-corrected chi connectivity index (χ3v) is 6.00. The highest BCUT2D eigenvalue weighted by Gasteiger charge is 2.30. The number of likely N-dealkylation sites (tertiary alicyclic amines) is 1. The van der Waals surface area contributed by atoms with Gasteiger partial charge < -0.3 is 10.1 Å². The van der Waals surface area contributed by atoms with Crippen LogP contribution in [0.15, 0.2) is 42.6 Å². The Kier molecular flexibility index (Phi) is 8.30. The molecule has 1 aliphatic rings. The Balaban J connectivity index is 1.71. The van der Waals surface area contributed by atoms with Gasteiger partial charge in [0.05, 0.1) is 28.4 Å². The molecule has 0 aliphatic carbocycles. The van der Waals surface area contributed by atoms with Crippen LogP contribution in [0.2, 0.25) is 10.0 Å². The molecule has 1 N–H and O–H groups in total. The molecule has 1 amide bonds. The molecule has 1 aromatic heterocycles. The molecule has 0 unspecified atom stereocenters. The predicted octanol–water partition coefficient (Wildman–Crippen LogP) is 4.49. The van der Waals surface area contributed by atoms with Crippen molar-refractivity contribution in [3.63, 3.8) is 0 Å². The zero-order valence-corrected chi connectivity index (χ0v) is 18.1. The van der Waals surface area contributed by atoms with Crippen LogP contribution in [-0.2, 0) is 16.1 Å². The highest BCUT2D eigenvalue weighted by atomic mass is 35.5. The molecule has 29 heavy (non-hydrogen) atoms. The number of nitrogens with one attached hydrogen (secondary N) is 1. The number of ether oxygens (including phenoxy) is 1. The second-order valence-corrected chi connectivity index (χ2v) is 8.24. The average molecular weight is 436 g/mol. The summed E-state index contributed by atoms with van der Waals surface area (Å²) >= 11 is 12.2. The number of pyridine rings is 1. The maximum absolute atomic E-state index is 12.4. The van der Waals surface area contributed by atoms with Crippen LogP contribution in [0.25, 0.3) is 0 Å². The van der Waals surface area contributed by atoms with E-state index in [9.17, 15) is 4.79 Å². The molecule has 0 radical (unpaired) electrons. The van der Waals surface area contributed by atoms with Crippen molar-refractivity contribution in [2.24, 2.45) is 5.92 Å². The van der Waals surface area contributed by atoms with Crippen molar-refractivity contribution in [3.8, 4) is 0 Å². The number of nitrogens with zero attached hydrogens (tertiary/aromatic N) is 2. The Morgan fingerprint density at radius 3 is 2.90 bits per heavy atom. The number of amides is 1. The van der Waals surface area contributed by atoms with E-state index in [2.05, 4.69) is 15.2 Å². The number of methoxy groups -OCH3 is 1. The molecule has 2 atom stereocenters. The van der Waals surface area contributed by atoms with Crippen LogP contribution in [0.1, 0.15) is 36.6 Å². The van der Waals surface area contributed by atoms with Gasteiger partial charge in [-0.15, -0.1) is 0 Å². The molecule has 3 rings (SSSR count). The number of carbonyl (C=O) groups excluding carboxylic acids is 1. The third-order valence-electron chi connectivity index (χ3n) is 5.26. The molecule has 2 heterocycles. The van der Waals surface area contributed by atoms with Gasteiger partial charge in [-0.3, -0.25) is 14.7 Å². The second kappa shape index (κ2) is 10.9. The van der Waals surface area contributed by atoms with E-state index >= 15 is 0 Å². The van der Waals surface area contributed by atoms with Crippen molar-refractivity contribution in [2.75, 3.05) is 26.8 Å². The molecule has 1 saturated heterocycles. The number of rotatable bonds is 8. The smallest absolute Gasteiger partial charge is 0.222 e. The van der Waals surface area contributed by atoms with Crippen LogP contribution in [0.3, 0.4) is 0 Å². The van der Waals surface area contributed by atoms with Crippen molar-refractivity contribution in [1.29, 1.82) is 0 Å². The second-order valence-electron chi connectivity index (χ2n) is 7.43. The van der Waals surface area contributed by atoms with Crippen molar-refractivity contribution in [2.45, 2.75) is 31.8 Å². The Hall–Kier alpha value is -1.66. The average Bonchev–Trinajstić information content (AvgIpc) is 2.74. The van der Waals surface area contributed by atoms with Gasteiger partial charge >= 0.3 is 0 Å². The SMILES string of the molecule is COCCC(=O)N[C@H](c1ccccn1)[C@H]1CCCN(Cc2ccc(Cl)c(Cl)c2)C1. The summed E-state index contributed by atoms with van der Waals surface area (Å²) in [6.07, 6.45) is 4.24. The van der Waals surface area contributed by atoms with Gasteiger partial charge in [0, 0.05) is 32.8 Å². The first-order valence-corrected chi connectivity index (χ1v) is 10.7. The number of benzene rings is 1. The molecular formula is C22H27Cl2N3O2. The fraction of sp³-hybridized carbons (Fsp3) is 0.455. The number of hydrogen-bond acceptors (Lipinski definition) is 4. The van der Waals surface area contributed by atoms with Crippen molar-refractivity contribution in [1.82, 2.24) is 15.2 Å². The Morgan fingerprint density at radius 1 is 1.31 bits per heavy atom. The van der Waals surface area contributed by atoms with E-state index in [-0.39, 0.29) is 17.9 Å². The van der Waals surface area contributed by atoms with E-state index in [1.807, 2.05) is 36.4 Å². The van der Waals surface area contributed by atoms with Crippen molar-refractivity contribution in [3.05, 3.63) is 63.9 Å². The predicted molar refractivity (Wildman–Crippen MR) is 116 cm³/mol. The standard InChI is InChI=1S/C22H27Cl2N3O2/c1-29-12-9-21(28)26-22(20-6-2-3-10-25-20)17-5-4-11-27(15-17)14-16-7-8-18(23)19(24)13-16/h2-3,6-8,10,13,17,22H,4-5,9,11-12,14-15H2,1H3,(H,26,28)/t17-,22-/m0/s1. The van der Waals surface area contributed by atoms with Crippen LogP contribution in [0.4, 0.5) is 0 Å². The molecule has 5 nitrogen and oxygen atoms in total. The van der Waals surface area contributed by atoms with E-state index in [0.29, 0.717) is 23.1 Å². The minimum absolute atomic E-state index is 0.0101. The highest BCUT2D eigenvalue weighted by molar-refractivity contribution is 6.42. The Labute approximate surface area is 182 Å². The van der Waals surface area contributed by atoms with Gasteiger partial charge in [-0.2, -0.15) is 0 Å². The first-order valence-electron chi connectivity index (χ1n) is 9.92. The Morgan fingerprint density at radius 2 is 2.17 bits per heavy atom. The van der Waals surface area contributed by atoms with E-state index in [4.69, 9.17) is 27.9 Å². The lowest BCUT2D eigenvalue weighted by Crippen LogP contribution is -2.43. The fourth-order valence-corrected chi connectivity index (χ4v) is 4.16. The maximum atomic E-state index is 12.4. The molecule has 0 bridgehead atoms. The lowest BCUT2D eigenvalue weighted by molar-refractivity contribution is -0.123.